The molecule has 0 unspecified atom stereocenters. The van der Waals surface area contributed by atoms with Gasteiger partial charge in [0.05, 0.1) is 9.82 Å². The lowest BCUT2D eigenvalue weighted by atomic mass is 9.84. The molecule has 0 spiro atoms. The van der Waals surface area contributed by atoms with E-state index >= 15 is 0 Å². The zero-order valence-corrected chi connectivity index (χ0v) is 18.4. The Labute approximate surface area is 182 Å². The zero-order valence-electron chi connectivity index (χ0n) is 17.6. The number of benzene rings is 1. The van der Waals surface area contributed by atoms with E-state index < -0.39 is 26.9 Å². The number of anilines is 1. The number of nitro groups is 1. The van der Waals surface area contributed by atoms with E-state index in [9.17, 15) is 23.3 Å². The molecule has 1 saturated carbocycles. The minimum atomic E-state index is -3.82. The third kappa shape index (κ3) is 4.15. The Kier molecular flexibility index (Phi) is 6.20. The molecule has 0 radical (unpaired) electrons. The average Bonchev–Trinajstić information content (AvgIpc) is 2.92. The number of rotatable bonds is 5. The van der Waals surface area contributed by atoms with Gasteiger partial charge in [0, 0.05) is 25.2 Å². The molecule has 10 heteroatoms. The lowest BCUT2D eigenvalue weighted by Crippen LogP contribution is -2.45. The van der Waals surface area contributed by atoms with Crippen molar-refractivity contribution in [1.29, 1.82) is 0 Å². The van der Waals surface area contributed by atoms with E-state index in [0.29, 0.717) is 19.5 Å². The molecule has 0 aromatic heterocycles. The predicted octanol–water partition coefficient (Wildman–Crippen LogP) is 2.78. The summed E-state index contributed by atoms with van der Waals surface area (Å²) in [6.45, 7) is 0.856. The van der Waals surface area contributed by atoms with Crippen LogP contribution in [0, 0.1) is 16.0 Å². The molecule has 170 valence electrons. The molecule has 3 aliphatic rings. The van der Waals surface area contributed by atoms with E-state index in [2.05, 4.69) is 0 Å². The largest absolute Gasteiger partial charge is 0.368 e. The number of nitro benzene ring substituents is 1. The van der Waals surface area contributed by atoms with Gasteiger partial charge in [0.15, 0.2) is 0 Å². The maximum absolute atomic E-state index is 13.2. The van der Waals surface area contributed by atoms with Crippen LogP contribution in [0.1, 0.15) is 57.8 Å². The molecular weight excluding hydrogens is 420 g/mol. The smallest absolute Gasteiger partial charge is 0.293 e. The van der Waals surface area contributed by atoms with Crippen molar-refractivity contribution in [1.82, 2.24) is 4.31 Å². The van der Waals surface area contributed by atoms with Gasteiger partial charge in [-0.15, -0.1) is 0 Å². The van der Waals surface area contributed by atoms with E-state index in [1.54, 1.807) is 4.90 Å². The molecule has 1 aromatic rings. The number of nitrogens with two attached hydrogens (primary N) is 1. The minimum Gasteiger partial charge on any atom is -0.368 e. The van der Waals surface area contributed by atoms with E-state index in [-0.39, 0.29) is 28.2 Å². The molecular formula is C21H30N4O5S. The number of nitrogens with zero attached hydrogens (tertiary/aromatic N) is 3. The van der Waals surface area contributed by atoms with Crippen molar-refractivity contribution in [2.24, 2.45) is 11.7 Å². The van der Waals surface area contributed by atoms with Crippen molar-refractivity contribution in [3.8, 4) is 0 Å². The van der Waals surface area contributed by atoms with Gasteiger partial charge in [-0.3, -0.25) is 14.9 Å². The number of hydrogen-bond donors (Lipinski definition) is 1. The second-order valence-electron chi connectivity index (χ2n) is 8.90. The fraction of sp³-hybridized carbons (Fsp3) is 0.667. The Bertz CT molecular complexity index is 959. The van der Waals surface area contributed by atoms with Crippen molar-refractivity contribution in [2.75, 3.05) is 18.0 Å². The summed E-state index contributed by atoms with van der Waals surface area (Å²) in [4.78, 5) is 25.3. The van der Waals surface area contributed by atoms with E-state index in [1.807, 2.05) is 0 Å². The van der Waals surface area contributed by atoms with Gasteiger partial charge in [-0.1, -0.05) is 25.7 Å². The Balaban J connectivity index is 1.74. The van der Waals surface area contributed by atoms with Gasteiger partial charge in [-0.2, -0.15) is 4.31 Å². The lowest BCUT2D eigenvalue weighted by molar-refractivity contribution is -0.384. The van der Waals surface area contributed by atoms with Crippen LogP contribution >= 0.6 is 0 Å². The average molecular weight is 451 g/mol. The van der Waals surface area contributed by atoms with Crippen LogP contribution in [0.2, 0.25) is 0 Å². The Morgan fingerprint density at radius 1 is 1.06 bits per heavy atom. The topological polar surface area (TPSA) is 127 Å². The first kappa shape index (κ1) is 22.0. The van der Waals surface area contributed by atoms with Gasteiger partial charge in [0.25, 0.3) is 5.69 Å². The SMILES string of the molecule is NC(=O)[C@H]1C[C@H]2CCCC[C@H]2N1c1ccc(S(=O)(=O)N2CCCCCC2)cc1[N+](=O)[O-]. The summed E-state index contributed by atoms with van der Waals surface area (Å²) in [6.07, 6.45) is 8.03. The standard InChI is InChI=1S/C21H30N4O5S/c22-21(26)20-13-15-7-3-4-8-17(15)24(20)18-10-9-16(14-19(18)25(27)28)31(29,30)23-11-5-1-2-6-12-23/h9-10,14-15,17,20H,1-8,11-13H2,(H2,22,26)/t15-,17-,20-/m1/s1. The van der Waals surface area contributed by atoms with Crippen LogP contribution in [0.4, 0.5) is 11.4 Å². The molecule has 3 fully saturated rings. The quantitative estimate of drug-likeness (QED) is 0.543. The molecule has 2 saturated heterocycles. The molecule has 31 heavy (non-hydrogen) atoms. The minimum absolute atomic E-state index is 0.0121. The van der Waals surface area contributed by atoms with Gasteiger partial charge in [0.2, 0.25) is 15.9 Å². The lowest BCUT2D eigenvalue weighted by Gasteiger charge is -2.34. The number of hydrogen-bond acceptors (Lipinski definition) is 6. The van der Waals surface area contributed by atoms with Crippen molar-refractivity contribution in [3.63, 3.8) is 0 Å². The summed E-state index contributed by atoms with van der Waals surface area (Å²) < 4.78 is 27.8. The van der Waals surface area contributed by atoms with E-state index in [0.717, 1.165) is 57.4 Å². The van der Waals surface area contributed by atoms with Crippen LogP contribution in [0.3, 0.4) is 0 Å². The fourth-order valence-corrected chi connectivity index (χ4v) is 7.06. The summed E-state index contributed by atoms with van der Waals surface area (Å²) >= 11 is 0. The van der Waals surface area contributed by atoms with Crippen LogP contribution in [0.25, 0.3) is 0 Å². The van der Waals surface area contributed by atoms with Gasteiger partial charge in [-0.05, 0) is 50.2 Å². The maximum Gasteiger partial charge on any atom is 0.293 e. The monoisotopic (exact) mass is 450 g/mol. The van der Waals surface area contributed by atoms with Crippen molar-refractivity contribution < 1.29 is 18.1 Å². The maximum atomic E-state index is 13.2. The Morgan fingerprint density at radius 3 is 2.39 bits per heavy atom. The molecule has 1 amide bonds. The Hall–Kier alpha value is -2.20. The fourth-order valence-electron chi connectivity index (χ4n) is 5.52. The molecule has 2 heterocycles. The first-order chi connectivity index (χ1) is 14.8. The van der Waals surface area contributed by atoms with Crippen LogP contribution in [0.5, 0.6) is 0 Å². The van der Waals surface area contributed by atoms with Crippen LogP contribution < -0.4 is 10.6 Å². The van der Waals surface area contributed by atoms with E-state index in [1.165, 1.54) is 16.4 Å². The van der Waals surface area contributed by atoms with Crippen LogP contribution in [0.15, 0.2) is 23.1 Å². The molecule has 3 atom stereocenters. The number of primary amides is 1. The summed E-state index contributed by atoms with van der Waals surface area (Å²) in [5, 5.41) is 12.0. The third-order valence-corrected chi connectivity index (χ3v) is 8.94. The number of amides is 1. The normalized spacial score (nSPS) is 27.5. The highest BCUT2D eigenvalue weighted by atomic mass is 32.2. The highest BCUT2D eigenvalue weighted by Crippen LogP contribution is 2.45. The zero-order chi connectivity index (χ0) is 22.2. The number of fused-ring (bicyclic) bond motifs is 1. The molecule has 1 aromatic carbocycles. The second kappa shape index (κ2) is 8.74. The number of carbonyl (C=O) groups excluding carboxylic acids is 1. The summed E-state index contributed by atoms with van der Waals surface area (Å²) in [5.41, 5.74) is 5.67. The number of sulfonamides is 1. The molecule has 2 N–H and O–H groups in total. The molecule has 2 aliphatic heterocycles. The summed E-state index contributed by atoms with van der Waals surface area (Å²) in [7, 11) is -3.82. The summed E-state index contributed by atoms with van der Waals surface area (Å²) in [6, 6.07) is 3.49. The van der Waals surface area contributed by atoms with Crippen LogP contribution in [-0.4, -0.2) is 48.7 Å². The number of carbonyl (C=O) groups is 1. The predicted molar refractivity (Wildman–Crippen MR) is 116 cm³/mol. The van der Waals surface area contributed by atoms with Crippen molar-refractivity contribution in [2.45, 2.75) is 74.8 Å². The van der Waals surface area contributed by atoms with Crippen molar-refractivity contribution in [3.05, 3.63) is 28.3 Å². The highest BCUT2D eigenvalue weighted by molar-refractivity contribution is 7.89. The van der Waals surface area contributed by atoms with Gasteiger partial charge >= 0.3 is 0 Å². The third-order valence-electron chi connectivity index (χ3n) is 7.04. The first-order valence-corrected chi connectivity index (χ1v) is 12.6. The summed E-state index contributed by atoms with van der Waals surface area (Å²) in [5.74, 6) is -0.226. The van der Waals surface area contributed by atoms with Gasteiger partial charge < -0.3 is 10.6 Å². The van der Waals surface area contributed by atoms with E-state index in [4.69, 9.17) is 5.73 Å². The van der Waals surface area contributed by atoms with Crippen LogP contribution in [-0.2, 0) is 14.8 Å². The van der Waals surface area contributed by atoms with Gasteiger partial charge in [0.1, 0.15) is 11.7 Å². The van der Waals surface area contributed by atoms with Gasteiger partial charge in [-0.25, -0.2) is 8.42 Å². The van der Waals surface area contributed by atoms with Crippen molar-refractivity contribution >= 4 is 27.3 Å². The Morgan fingerprint density at radius 2 is 1.74 bits per heavy atom. The molecule has 4 rings (SSSR count). The molecule has 9 nitrogen and oxygen atoms in total. The first-order valence-electron chi connectivity index (χ1n) is 11.2. The highest BCUT2D eigenvalue weighted by Gasteiger charge is 2.46. The molecule has 1 aliphatic carbocycles. The second-order valence-corrected chi connectivity index (χ2v) is 10.8. The molecule has 0 bridgehead atoms.